The molecule has 0 spiro atoms. The molecule has 0 unspecified atom stereocenters. The second-order valence-electron chi connectivity index (χ2n) is 9.69. The van der Waals surface area contributed by atoms with Gasteiger partial charge in [0.05, 0.1) is 5.52 Å². The molecule has 1 aromatic heterocycles. The standard InChI is InChI=1S/C26H26F2N4O2S/c1-14-13-30(15(2)33)7-8-31(14)25-20-12-19(16-3-4-16)22(18-6-5-17(27)11-21(18)28)24-23(20)32(9-10-35-24)26(34)29-25/h5-6,11-12,14,16H,3-4,7-10,13H2,1-2H3/t14-/m0/s1. The van der Waals surface area contributed by atoms with Crippen molar-refractivity contribution < 1.29 is 13.6 Å². The van der Waals surface area contributed by atoms with Gasteiger partial charge >= 0.3 is 5.69 Å². The number of hydrogen-bond acceptors (Lipinski definition) is 5. The Balaban J connectivity index is 1.61. The van der Waals surface area contributed by atoms with Crippen LogP contribution in [0, 0.1) is 11.6 Å². The van der Waals surface area contributed by atoms with Crippen molar-refractivity contribution in [3.8, 4) is 11.1 Å². The van der Waals surface area contributed by atoms with Crippen molar-refractivity contribution in [1.82, 2.24) is 14.5 Å². The van der Waals surface area contributed by atoms with Gasteiger partial charge in [0.1, 0.15) is 17.5 Å². The third-order valence-electron chi connectivity index (χ3n) is 7.35. The molecule has 2 aromatic carbocycles. The zero-order chi connectivity index (χ0) is 24.4. The predicted molar refractivity (Wildman–Crippen MR) is 133 cm³/mol. The number of hydrogen-bond donors (Lipinski definition) is 0. The fourth-order valence-electron chi connectivity index (χ4n) is 5.46. The van der Waals surface area contributed by atoms with Gasteiger partial charge in [-0.25, -0.2) is 13.6 Å². The maximum absolute atomic E-state index is 15.1. The van der Waals surface area contributed by atoms with Crippen molar-refractivity contribution in [3.63, 3.8) is 0 Å². The van der Waals surface area contributed by atoms with E-state index in [9.17, 15) is 14.0 Å². The Hall–Kier alpha value is -2.94. The Morgan fingerprint density at radius 3 is 2.63 bits per heavy atom. The van der Waals surface area contributed by atoms with Gasteiger partial charge in [-0.1, -0.05) is 0 Å². The normalized spacial score (nSPS) is 19.9. The largest absolute Gasteiger partial charge is 0.350 e. The summed E-state index contributed by atoms with van der Waals surface area (Å²) in [6.45, 7) is 5.87. The summed E-state index contributed by atoms with van der Waals surface area (Å²) in [6, 6.07) is 5.81. The number of rotatable bonds is 3. The van der Waals surface area contributed by atoms with Crippen LogP contribution >= 0.6 is 11.8 Å². The van der Waals surface area contributed by atoms with Crippen LogP contribution in [0.3, 0.4) is 0 Å². The van der Waals surface area contributed by atoms with Gasteiger partial charge in [0.25, 0.3) is 0 Å². The molecule has 35 heavy (non-hydrogen) atoms. The molecule has 9 heteroatoms. The second kappa shape index (κ2) is 8.33. The number of amides is 1. The quantitative estimate of drug-likeness (QED) is 0.539. The Morgan fingerprint density at radius 2 is 1.94 bits per heavy atom. The number of aryl methyl sites for hydroxylation is 1. The number of carbonyl (C=O) groups is 1. The summed E-state index contributed by atoms with van der Waals surface area (Å²) in [7, 11) is 0. The third-order valence-corrected chi connectivity index (χ3v) is 8.43. The van der Waals surface area contributed by atoms with Gasteiger partial charge in [-0.15, -0.1) is 11.8 Å². The summed E-state index contributed by atoms with van der Waals surface area (Å²) in [6.07, 6.45) is 2.03. The van der Waals surface area contributed by atoms with E-state index in [4.69, 9.17) is 0 Å². The molecule has 182 valence electrons. The Kier molecular flexibility index (Phi) is 5.36. The average Bonchev–Trinajstić information content (AvgIpc) is 3.67. The van der Waals surface area contributed by atoms with E-state index >= 15 is 4.39 Å². The lowest BCUT2D eigenvalue weighted by Gasteiger charge is -2.41. The minimum atomic E-state index is -0.608. The van der Waals surface area contributed by atoms with Crippen LogP contribution in [0.2, 0.25) is 0 Å². The summed E-state index contributed by atoms with van der Waals surface area (Å²) < 4.78 is 30.5. The van der Waals surface area contributed by atoms with Crippen molar-refractivity contribution in [2.24, 2.45) is 0 Å². The number of aromatic nitrogens is 2. The van der Waals surface area contributed by atoms with E-state index < -0.39 is 11.6 Å². The molecule has 1 amide bonds. The number of benzene rings is 2. The van der Waals surface area contributed by atoms with Crippen LogP contribution in [0.15, 0.2) is 34.0 Å². The van der Waals surface area contributed by atoms with E-state index in [-0.39, 0.29) is 17.6 Å². The zero-order valence-corrected chi connectivity index (χ0v) is 20.5. The smallest absolute Gasteiger partial charge is 0.350 e. The van der Waals surface area contributed by atoms with E-state index in [1.807, 2.05) is 11.8 Å². The van der Waals surface area contributed by atoms with Crippen molar-refractivity contribution in [1.29, 1.82) is 0 Å². The van der Waals surface area contributed by atoms with Crippen LogP contribution < -0.4 is 10.6 Å². The maximum Gasteiger partial charge on any atom is 0.350 e. The molecular weight excluding hydrogens is 470 g/mol. The van der Waals surface area contributed by atoms with Crippen LogP contribution in [0.25, 0.3) is 22.0 Å². The van der Waals surface area contributed by atoms with Gasteiger partial charge in [0, 0.05) is 72.4 Å². The molecule has 6 rings (SSSR count). The molecule has 2 fully saturated rings. The van der Waals surface area contributed by atoms with Gasteiger partial charge < -0.3 is 9.80 Å². The minimum absolute atomic E-state index is 0.00348. The number of nitrogens with zero attached hydrogens (tertiary/aromatic N) is 4. The summed E-state index contributed by atoms with van der Waals surface area (Å²) in [5.41, 5.74) is 2.65. The van der Waals surface area contributed by atoms with Gasteiger partial charge in [-0.3, -0.25) is 9.36 Å². The number of halogens is 2. The first kappa shape index (κ1) is 22.5. The molecular formula is C26H26F2N4O2S. The van der Waals surface area contributed by atoms with E-state index in [0.29, 0.717) is 49.2 Å². The minimum Gasteiger partial charge on any atom is -0.350 e. The van der Waals surface area contributed by atoms with Crippen LogP contribution in [0.1, 0.15) is 38.2 Å². The highest BCUT2D eigenvalue weighted by Gasteiger charge is 2.34. The molecule has 1 atom stereocenters. The first-order chi connectivity index (χ1) is 16.8. The van der Waals surface area contributed by atoms with Crippen molar-refractivity contribution in [2.75, 3.05) is 30.3 Å². The van der Waals surface area contributed by atoms with Crippen LogP contribution in [-0.2, 0) is 11.3 Å². The lowest BCUT2D eigenvalue weighted by molar-refractivity contribution is -0.129. The van der Waals surface area contributed by atoms with E-state index in [2.05, 4.69) is 16.0 Å². The molecule has 0 N–H and O–H groups in total. The third kappa shape index (κ3) is 3.71. The predicted octanol–water partition coefficient (Wildman–Crippen LogP) is 4.38. The number of carbonyl (C=O) groups excluding carboxylic acids is 1. The monoisotopic (exact) mass is 496 g/mol. The molecule has 3 aromatic rings. The Labute approximate surface area is 205 Å². The highest BCUT2D eigenvalue weighted by molar-refractivity contribution is 7.99. The topological polar surface area (TPSA) is 58.4 Å². The molecule has 1 saturated carbocycles. The van der Waals surface area contributed by atoms with Crippen LogP contribution in [0.5, 0.6) is 0 Å². The number of thioether (sulfide) groups is 1. The van der Waals surface area contributed by atoms with Gasteiger partial charge in [0.2, 0.25) is 5.91 Å². The zero-order valence-electron chi connectivity index (χ0n) is 19.7. The summed E-state index contributed by atoms with van der Waals surface area (Å²) >= 11 is 1.62. The van der Waals surface area contributed by atoms with Crippen LogP contribution in [-0.4, -0.2) is 51.8 Å². The van der Waals surface area contributed by atoms with E-state index in [0.717, 1.165) is 45.8 Å². The molecule has 3 aliphatic rings. The Morgan fingerprint density at radius 1 is 1.14 bits per heavy atom. The summed E-state index contributed by atoms with van der Waals surface area (Å²) in [4.78, 5) is 34.5. The molecule has 0 bridgehead atoms. The summed E-state index contributed by atoms with van der Waals surface area (Å²) in [5.74, 6) is 0.460. The maximum atomic E-state index is 15.1. The fraction of sp³-hybridized carbons (Fsp3) is 0.423. The first-order valence-electron chi connectivity index (χ1n) is 12.0. The molecule has 0 radical (unpaired) electrons. The fourth-order valence-corrected chi connectivity index (χ4v) is 6.67. The van der Waals surface area contributed by atoms with Gasteiger partial charge in [0.15, 0.2) is 0 Å². The van der Waals surface area contributed by atoms with Crippen molar-refractivity contribution in [2.45, 2.75) is 50.1 Å². The van der Waals surface area contributed by atoms with E-state index in [1.54, 1.807) is 23.3 Å². The lowest BCUT2D eigenvalue weighted by Crippen LogP contribution is -2.54. The number of piperazine rings is 1. The molecule has 6 nitrogen and oxygen atoms in total. The van der Waals surface area contributed by atoms with E-state index in [1.165, 1.54) is 12.1 Å². The summed E-state index contributed by atoms with van der Waals surface area (Å²) in [5, 5.41) is 0.892. The SMILES string of the molecule is CC(=O)N1CCN(c2nc(=O)n3c4c(c(-c5ccc(F)cc5F)c(C5CC5)cc24)SCC3)[C@@H](C)C1. The molecule has 2 aliphatic heterocycles. The second-order valence-corrected chi connectivity index (χ2v) is 10.8. The molecule has 1 saturated heterocycles. The Bertz CT molecular complexity index is 1440. The number of anilines is 1. The van der Waals surface area contributed by atoms with Crippen molar-refractivity contribution >= 4 is 34.4 Å². The molecule has 3 heterocycles. The van der Waals surface area contributed by atoms with Crippen molar-refractivity contribution in [3.05, 3.63) is 51.9 Å². The molecule has 1 aliphatic carbocycles. The first-order valence-corrected chi connectivity index (χ1v) is 13.0. The lowest BCUT2D eigenvalue weighted by atomic mass is 9.93. The highest BCUT2D eigenvalue weighted by atomic mass is 32.2. The van der Waals surface area contributed by atoms with Crippen LogP contribution in [0.4, 0.5) is 14.6 Å². The highest BCUT2D eigenvalue weighted by Crippen LogP contribution is 2.51. The average molecular weight is 497 g/mol. The van der Waals surface area contributed by atoms with Gasteiger partial charge in [-0.05, 0) is 49.4 Å². The van der Waals surface area contributed by atoms with Gasteiger partial charge in [-0.2, -0.15) is 4.98 Å².